The van der Waals surface area contributed by atoms with Gasteiger partial charge in [-0.1, -0.05) is 6.07 Å². The summed E-state index contributed by atoms with van der Waals surface area (Å²) >= 11 is 0. The first-order valence-electron chi connectivity index (χ1n) is 7.76. The number of carbonyl (C=O) groups excluding carboxylic acids is 1. The third-order valence-electron chi connectivity index (χ3n) is 4.10. The lowest BCUT2D eigenvalue weighted by molar-refractivity contribution is 0.0517. The summed E-state index contributed by atoms with van der Waals surface area (Å²) in [5, 5.41) is 11.5. The predicted octanol–water partition coefficient (Wildman–Crippen LogP) is 2.68. The number of fused-ring (bicyclic) bond motifs is 3. The Bertz CT molecular complexity index is 929. The zero-order chi connectivity index (χ0) is 16.7. The Morgan fingerprint density at radius 1 is 1.42 bits per heavy atom. The summed E-state index contributed by atoms with van der Waals surface area (Å²) in [6.07, 6.45) is 3.09. The third kappa shape index (κ3) is 2.20. The third-order valence-corrected chi connectivity index (χ3v) is 4.10. The number of rotatable bonds is 3. The standard InChI is InChI=1S/C17H15FN4O2/c1-2-24-17(23)15-12-6-7-14-13(9-19-20-14)16(12)22(21-15)11-5-3-4-10(18)8-11/h3-5,8-9H,2,6-7H2,1H3,(H,19,20). The molecule has 7 heteroatoms. The number of hydrogen-bond donors (Lipinski definition) is 1. The number of carbonyl (C=O) groups is 1. The second-order valence-electron chi connectivity index (χ2n) is 5.55. The van der Waals surface area contributed by atoms with Gasteiger partial charge in [0.15, 0.2) is 5.69 Å². The lowest BCUT2D eigenvalue weighted by atomic mass is 9.94. The average molecular weight is 326 g/mol. The molecule has 0 bridgehead atoms. The Balaban J connectivity index is 1.96. The molecule has 0 saturated carbocycles. The lowest BCUT2D eigenvalue weighted by Crippen LogP contribution is -2.10. The number of ether oxygens (including phenoxy) is 1. The van der Waals surface area contributed by atoms with Crippen LogP contribution in [0.25, 0.3) is 16.9 Å². The van der Waals surface area contributed by atoms with Crippen molar-refractivity contribution in [3.63, 3.8) is 0 Å². The first kappa shape index (κ1) is 14.6. The zero-order valence-electron chi connectivity index (χ0n) is 13.0. The Morgan fingerprint density at radius 3 is 3.08 bits per heavy atom. The summed E-state index contributed by atoms with van der Waals surface area (Å²) in [6, 6.07) is 6.12. The number of aromatic amines is 1. The van der Waals surface area contributed by atoms with Crippen molar-refractivity contribution in [2.45, 2.75) is 19.8 Å². The number of aromatic nitrogens is 4. The van der Waals surface area contributed by atoms with Crippen molar-refractivity contribution in [1.29, 1.82) is 0 Å². The number of H-pyrrole nitrogens is 1. The Hall–Kier alpha value is -2.96. The number of benzene rings is 1. The molecule has 0 unspecified atom stereocenters. The normalized spacial score (nSPS) is 12.6. The van der Waals surface area contributed by atoms with E-state index in [9.17, 15) is 9.18 Å². The van der Waals surface area contributed by atoms with Gasteiger partial charge in [-0.25, -0.2) is 13.9 Å². The predicted molar refractivity (Wildman–Crippen MR) is 84.5 cm³/mol. The van der Waals surface area contributed by atoms with Crippen molar-refractivity contribution in [2.24, 2.45) is 0 Å². The number of nitrogens with zero attached hydrogens (tertiary/aromatic N) is 3. The second-order valence-corrected chi connectivity index (χ2v) is 5.55. The van der Waals surface area contributed by atoms with Crippen LogP contribution in [0.1, 0.15) is 28.7 Å². The molecule has 1 N–H and O–H groups in total. The van der Waals surface area contributed by atoms with E-state index in [-0.39, 0.29) is 18.1 Å². The van der Waals surface area contributed by atoms with Gasteiger partial charge in [0.05, 0.1) is 24.2 Å². The molecule has 0 radical (unpaired) electrons. The molecule has 2 aromatic heterocycles. The lowest BCUT2D eigenvalue weighted by Gasteiger charge is -2.14. The molecule has 1 aromatic carbocycles. The van der Waals surface area contributed by atoms with Gasteiger partial charge in [-0.3, -0.25) is 5.10 Å². The molecule has 0 amide bonds. The molecule has 0 atom stereocenters. The van der Waals surface area contributed by atoms with E-state index in [2.05, 4.69) is 15.3 Å². The maximum absolute atomic E-state index is 13.7. The van der Waals surface area contributed by atoms with Gasteiger partial charge in [-0.2, -0.15) is 10.2 Å². The highest BCUT2D eigenvalue weighted by Crippen LogP contribution is 2.36. The van der Waals surface area contributed by atoms with Crippen molar-refractivity contribution in [2.75, 3.05) is 6.61 Å². The highest BCUT2D eigenvalue weighted by molar-refractivity contribution is 5.92. The minimum absolute atomic E-state index is 0.275. The molecule has 1 aliphatic rings. The van der Waals surface area contributed by atoms with E-state index in [0.29, 0.717) is 12.1 Å². The zero-order valence-corrected chi connectivity index (χ0v) is 13.0. The highest BCUT2D eigenvalue weighted by atomic mass is 19.1. The molecule has 1 aliphatic carbocycles. The van der Waals surface area contributed by atoms with Crippen LogP contribution < -0.4 is 0 Å². The average Bonchev–Trinajstić information content (AvgIpc) is 3.19. The maximum atomic E-state index is 13.7. The Kier molecular flexibility index (Phi) is 3.41. The summed E-state index contributed by atoms with van der Waals surface area (Å²) in [4.78, 5) is 12.3. The molecule has 0 saturated heterocycles. The molecule has 6 nitrogen and oxygen atoms in total. The van der Waals surface area contributed by atoms with Gasteiger partial charge in [0, 0.05) is 16.8 Å². The fraction of sp³-hybridized carbons (Fsp3) is 0.235. The SMILES string of the molecule is CCOC(=O)c1nn(-c2cccc(F)c2)c2c1CCc1[nH]ncc1-2. The smallest absolute Gasteiger partial charge is 0.359 e. The summed E-state index contributed by atoms with van der Waals surface area (Å²) in [6.45, 7) is 2.03. The van der Waals surface area contributed by atoms with Crippen molar-refractivity contribution in [3.8, 4) is 16.9 Å². The topological polar surface area (TPSA) is 72.8 Å². The molecule has 4 rings (SSSR count). The van der Waals surface area contributed by atoms with Crippen LogP contribution in [0.5, 0.6) is 0 Å². The summed E-state index contributed by atoms with van der Waals surface area (Å²) in [7, 11) is 0. The van der Waals surface area contributed by atoms with E-state index in [0.717, 1.165) is 28.9 Å². The molecule has 0 spiro atoms. The quantitative estimate of drug-likeness (QED) is 0.751. The molecular weight excluding hydrogens is 311 g/mol. The van der Waals surface area contributed by atoms with E-state index >= 15 is 0 Å². The van der Waals surface area contributed by atoms with Crippen LogP contribution in [0.15, 0.2) is 30.5 Å². The van der Waals surface area contributed by atoms with Gasteiger partial charge in [-0.05, 0) is 38.0 Å². The van der Waals surface area contributed by atoms with Crippen molar-refractivity contribution < 1.29 is 13.9 Å². The minimum Gasteiger partial charge on any atom is -0.461 e. The first-order chi connectivity index (χ1) is 11.7. The molecule has 122 valence electrons. The fourth-order valence-electron chi connectivity index (χ4n) is 3.08. The Labute approximate surface area is 137 Å². The van der Waals surface area contributed by atoms with E-state index in [1.807, 2.05) is 0 Å². The van der Waals surface area contributed by atoms with E-state index < -0.39 is 5.97 Å². The number of esters is 1. The van der Waals surface area contributed by atoms with Crippen molar-refractivity contribution >= 4 is 5.97 Å². The van der Waals surface area contributed by atoms with Gasteiger partial charge >= 0.3 is 5.97 Å². The van der Waals surface area contributed by atoms with Crippen LogP contribution >= 0.6 is 0 Å². The van der Waals surface area contributed by atoms with E-state index in [4.69, 9.17) is 4.74 Å². The van der Waals surface area contributed by atoms with Gasteiger partial charge in [-0.15, -0.1) is 0 Å². The summed E-state index contributed by atoms with van der Waals surface area (Å²) in [5.74, 6) is -0.825. The van der Waals surface area contributed by atoms with Gasteiger partial charge in [0.25, 0.3) is 0 Å². The van der Waals surface area contributed by atoms with E-state index in [1.165, 1.54) is 12.1 Å². The van der Waals surface area contributed by atoms with Crippen LogP contribution in [-0.2, 0) is 17.6 Å². The second kappa shape index (κ2) is 5.59. The van der Waals surface area contributed by atoms with Gasteiger partial charge in [0.1, 0.15) is 5.82 Å². The monoisotopic (exact) mass is 326 g/mol. The number of halogens is 1. The van der Waals surface area contributed by atoms with Gasteiger partial charge in [0.2, 0.25) is 0 Å². The Morgan fingerprint density at radius 2 is 2.29 bits per heavy atom. The molecule has 2 heterocycles. The molecule has 0 aliphatic heterocycles. The maximum Gasteiger partial charge on any atom is 0.359 e. The molecule has 0 fully saturated rings. The minimum atomic E-state index is -0.462. The van der Waals surface area contributed by atoms with Crippen molar-refractivity contribution in [1.82, 2.24) is 20.0 Å². The van der Waals surface area contributed by atoms with Crippen molar-refractivity contribution in [3.05, 3.63) is 53.2 Å². The van der Waals surface area contributed by atoms with Crippen LogP contribution in [0.2, 0.25) is 0 Å². The van der Waals surface area contributed by atoms with Gasteiger partial charge < -0.3 is 4.74 Å². The van der Waals surface area contributed by atoms with Crippen LogP contribution in [0, 0.1) is 5.82 Å². The summed E-state index contributed by atoms with van der Waals surface area (Å²) in [5.41, 5.74) is 4.27. The van der Waals surface area contributed by atoms with Crippen LogP contribution in [-0.4, -0.2) is 32.6 Å². The fourth-order valence-corrected chi connectivity index (χ4v) is 3.08. The molecule has 24 heavy (non-hydrogen) atoms. The van der Waals surface area contributed by atoms with Crippen LogP contribution in [0.3, 0.4) is 0 Å². The van der Waals surface area contributed by atoms with E-state index in [1.54, 1.807) is 29.9 Å². The largest absolute Gasteiger partial charge is 0.461 e. The highest BCUT2D eigenvalue weighted by Gasteiger charge is 2.30. The summed E-state index contributed by atoms with van der Waals surface area (Å²) < 4.78 is 20.4. The van der Waals surface area contributed by atoms with Crippen LogP contribution in [0.4, 0.5) is 4.39 Å². The molecule has 3 aromatic rings. The number of hydrogen-bond acceptors (Lipinski definition) is 4. The molecular formula is C17H15FN4O2. The number of aryl methyl sites for hydroxylation is 1. The number of nitrogens with one attached hydrogen (secondary N) is 1. The first-order valence-corrected chi connectivity index (χ1v) is 7.76.